The van der Waals surface area contributed by atoms with Crippen LogP contribution in [0, 0.1) is 0 Å². The molecular weight excluding hydrogens is 522 g/mol. The van der Waals surface area contributed by atoms with Gasteiger partial charge in [-0.05, 0) is 26.2 Å². The molecule has 5 heterocycles. The Kier molecular flexibility index (Phi) is 7.06. The summed E-state index contributed by atoms with van der Waals surface area (Å²) in [5, 5.41) is 24.6. The maximum absolute atomic E-state index is 12.1. The summed E-state index contributed by atoms with van der Waals surface area (Å²) in [7, 11) is 0. The van der Waals surface area contributed by atoms with Crippen molar-refractivity contribution in [3.8, 4) is 0 Å². The summed E-state index contributed by atoms with van der Waals surface area (Å²) in [5.41, 5.74) is 2.12. The molecule has 1 aromatic carbocycles. The van der Waals surface area contributed by atoms with Gasteiger partial charge in [0.2, 0.25) is 0 Å². The van der Waals surface area contributed by atoms with E-state index < -0.39 is 36.7 Å². The average molecular weight is 550 g/mol. The fourth-order valence-electron chi connectivity index (χ4n) is 5.07. The van der Waals surface area contributed by atoms with Crippen LogP contribution in [0.1, 0.15) is 54.0 Å². The van der Waals surface area contributed by atoms with E-state index in [1.54, 1.807) is 10.9 Å². The number of hydrogen-bond donors (Lipinski definition) is 4. The molecule has 5 atom stereocenters. The molecule has 2 saturated heterocycles. The van der Waals surface area contributed by atoms with Crippen LogP contribution in [0.2, 0.25) is 0 Å². The van der Waals surface area contributed by atoms with Crippen molar-refractivity contribution in [2.24, 2.45) is 0 Å². The first kappa shape index (κ1) is 25.8. The number of carbonyl (C=O) groups excluding carboxylic acids is 1. The predicted molar refractivity (Wildman–Crippen MR) is 137 cm³/mol. The van der Waals surface area contributed by atoms with Crippen LogP contribution >= 0.6 is 0 Å². The Morgan fingerprint density at radius 1 is 1.10 bits per heavy atom. The zero-order valence-corrected chi connectivity index (χ0v) is 21.4. The molecule has 15 nitrogen and oxygen atoms in total. The molecule has 2 aliphatic heterocycles. The third kappa shape index (κ3) is 4.85. The molecule has 4 unspecified atom stereocenters. The van der Waals surface area contributed by atoms with Crippen molar-refractivity contribution >= 4 is 29.0 Å². The number of nitrogens with one attached hydrogen (secondary N) is 3. The van der Waals surface area contributed by atoms with Crippen molar-refractivity contribution in [1.29, 1.82) is 0 Å². The van der Waals surface area contributed by atoms with Gasteiger partial charge in [0.1, 0.15) is 18.5 Å². The van der Waals surface area contributed by atoms with E-state index in [-0.39, 0.29) is 17.6 Å². The van der Waals surface area contributed by atoms with Gasteiger partial charge in [-0.25, -0.2) is 24.5 Å². The monoisotopic (exact) mass is 549 g/mol. The van der Waals surface area contributed by atoms with Gasteiger partial charge in [-0.1, -0.05) is 35.5 Å². The van der Waals surface area contributed by atoms with E-state index in [0.717, 1.165) is 5.56 Å². The van der Waals surface area contributed by atoms with E-state index >= 15 is 0 Å². The van der Waals surface area contributed by atoms with E-state index in [1.165, 1.54) is 6.33 Å². The largest absolute Gasteiger partial charge is 0.476 e. The van der Waals surface area contributed by atoms with Crippen LogP contribution in [0.25, 0.3) is 11.2 Å². The standard InChI is InChI=1S/C25H27N9O6/c1-2-26-25(37)30-20-17-21(28-11-27-20)34(12-29-17)22-19-18(39-24(40-19)13-7-4-3-5-8-13)15(38-22)10-6-9-14-16(23(35)36)32-33-31-14/h3-5,7-8,11-12,15,18-19,22,24H,2,6,9-10H2,1H3,(H,35,36)(H,31,32,33)(H2,26,27,28,30,37)/t15?,18?,19?,22?,24-/m0/s1. The molecule has 0 radical (unpaired) electrons. The van der Waals surface area contributed by atoms with Gasteiger partial charge in [-0.3, -0.25) is 15.0 Å². The number of fused-ring (bicyclic) bond motifs is 2. The number of aryl methyl sites for hydroxylation is 1. The molecule has 3 aromatic heterocycles. The minimum atomic E-state index is -1.11. The number of carbonyl (C=O) groups is 2. The molecule has 15 heteroatoms. The number of hydrogen-bond acceptors (Lipinski definition) is 10. The van der Waals surface area contributed by atoms with Gasteiger partial charge in [0.15, 0.2) is 35.2 Å². The van der Waals surface area contributed by atoms with Gasteiger partial charge < -0.3 is 24.6 Å². The molecule has 208 valence electrons. The summed E-state index contributed by atoms with van der Waals surface area (Å²) in [5.74, 6) is -0.834. The molecular formula is C25H27N9O6. The van der Waals surface area contributed by atoms with Crippen LogP contribution in [-0.2, 0) is 20.6 Å². The number of carboxylic acid groups (broad SMARTS) is 1. The molecule has 2 fully saturated rings. The zero-order valence-electron chi connectivity index (χ0n) is 21.4. The van der Waals surface area contributed by atoms with Gasteiger partial charge >= 0.3 is 12.0 Å². The van der Waals surface area contributed by atoms with E-state index in [0.29, 0.717) is 42.7 Å². The molecule has 0 aliphatic carbocycles. The minimum absolute atomic E-state index is 0.0192. The first-order valence-electron chi connectivity index (χ1n) is 12.9. The Bertz CT molecular complexity index is 1510. The van der Waals surface area contributed by atoms with E-state index in [9.17, 15) is 14.7 Å². The molecule has 4 N–H and O–H groups in total. The Morgan fingerprint density at radius 2 is 1.93 bits per heavy atom. The molecule has 0 spiro atoms. The van der Waals surface area contributed by atoms with Crippen LogP contribution in [0.3, 0.4) is 0 Å². The van der Waals surface area contributed by atoms with E-state index in [1.807, 2.05) is 37.3 Å². The summed E-state index contributed by atoms with van der Waals surface area (Å²) < 4.78 is 21.0. The second-order valence-corrected chi connectivity index (χ2v) is 9.37. The van der Waals surface area contributed by atoms with E-state index in [4.69, 9.17) is 14.2 Å². The lowest BCUT2D eigenvalue weighted by atomic mass is 10.0. The SMILES string of the molecule is CCNC(=O)Nc1ncnc2c1ncn2C1OC(CCCc2nn[nH]c2C(=O)O)C2O[C@H](c3ccccc3)OC21. The first-order valence-corrected chi connectivity index (χ1v) is 12.9. The Morgan fingerprint density at radius 3 is 2.73 bits per heavy atom. The summed E-state index contributed by atoms with van der Waals surface area (Å²) in [6.45, 7) is 2.28. The number of aromatic nitrogens is 7. The number of urea groups is 1. The number of amides is 2. The van der Waals surface area contributed by atoms with Gasteiger partial charge in [0.25, 0.3) is 0 Å². The summed E-state index contributed by atoms with van der Waals surface area (Å²) in [4.78, 5) is 36.5. The first-order chi connectivity index (χ1) is 19.5. The third-order valence-electron chi connectivity index (χ3n) is 6.86. The fourth-order valence-corrected chi connectivity index (χ4v) is 5.07. The quantitative estimate of drug-likeness (QED) is 0.239. The highest BCUT2D eigenvalue weighted by molar-refractivity contribution is 5.95. The molecule has 4 aromatic rings. The fraction of sp³-hybridized carbons (Fsp3) is 0.400. The van der Waals surface area contributed by atoms with Crippen LogP contribution in [-0.4, -0.2) is 76.9 Å². The number of ether oxygens (including phenoxy) is 3. The number of benzene rings is 1. The summed E-state index contributed by atoms with van der Waals surface area (Å²) in [6, 6.07) is 9.24. The predicted octanol–water partition coefficient (Wildman–Crippen LogP) is 2.19. The van der Waals surface area contributed by atoms with Gasteiger partial charge in [0, 0.05) is 12.1 Å². The summed E-state index contributed by atoms with van der Waals surface area (Å²) in [6.07, 6.45) is 2.02. The lowest BCUT2D eigenvalue weighted by molar-refractivity contribution is -0.148. The maximum atomic E-state index is 12.1. The number of carboxylic acids is 1. The van der Waals surface area contributed by atoms with Crippen LogP contribution in [0.5, 0.6) is 0 Å². The number of rotatable bonds is 9. The second kappa shape index (κ2) is 11.0. The topological polar surface area (TPSA) is 191 Å². The number of aromatic carboxylic acids is 1. The van der Waals surface area contributed by atoms with Gasteiger partial charge in [-0.15, -0.1) is 5.10 Å². The van der Waals surface area contributed by atoms with Crippen LogP contribution < -0.4 is 10.6 Å². The van der Waals surface area contributed by atoms with Crippen molar-refractivity contribution in [2.75, 3.05) is 11.9 Å². The number of aromatic amines is 1. The zero-order chi connectivity index (χ0) is 27.6. The van der Waals surface area contributed by atoms with Crippen molar-refractivity contribution in [2.45, 2.75) is 57.0 Å². The lowest BCUT2D eigenvalue weighted by Gasteiger charge is -2.21. The second-order valence-electron chi connectivity index (χ2n) is 9.37. The molecule has 0 saturated carbocycles. The molecule has 6 rings (SSSR count). The highest BCUT2D eigenvalue weighted by Crippen LogP contribution is 2.46. The normalized spacial score (nSPS) is 23.8. The van der Waals surface area contributed by atoms with Gasteiger partial charge in [-0.2, -0.15) is 0 Å². The lowest BCUT2D eigenvalue weighted by Crippen LogP contribution is -2.29. The van der Waals surface area contributed by atoms with Gasteiger partial charge in [0.05, 0.1) is 18.1 Å². The van der Waals surface area contributed by atoms with Crippen LogP contribution in [0.15, 0.2) is 43.0 Å². The smallest absolute Gasteiger partial charge is 0.355 e. The highest BCUT2D eigenvalue weighted by atomic mass is 16.8. The van der Waals surface area contributed by atoms with Crippen molar-refractivity contribution in [1.82, 2.24) is 40.2 Å². The highest BCUT2D eigenvalue weighted by Gasteiger charge is 2.53. The third-order valence-corrected chi connectivity index (χ3v) is 6.86. The van der Waals surface area contributed by atoms with Crippen molar-refractivity contribution in [3.05, 3.63) is 59.9 Å². The van der Waals surface area contributed by atoms with Crippen molar-refractivity contribution in [3.63, 3.8) is 0 Å². The maximum Gasteiger partial charge on any atom is 0.355 e. The molecule has 40 heavy (non-hydrogen) atoms. The Labute approximate surface area is 227 Å². The van der Waals surface area contributed by atoms with Crippen molar-refractivity contribution < 1.29 is 28.9 Å². The number of nitrogens with zero attached hydrogens (tertiary/aromatic N) is 6. The average Bonchev–Trinajstić information content (AvgIpc) is 3.74. The minimum Gasteiger partial charge on any atom is -0.476 e. The van der Waals surface area contributed by atoms with E-state index in [2.05, 4.69) is 41.0 Å². The Hall–Kier alpha value is -4.47. The van der Waals surface area contributed by atoms with Crippen LogP contribution in [0.4, 0.5) is 10.6 Å². The number of imidazole rings is 1. The molecule has 2 amide bonds. The molecule has 0 bridgehead atoms. The number of H-pyrrole nitrogens is 1. The number of anilines is 1. The Balaban J connectivity index is 1.25. The molecule has 2 aliphatic rings. The summed E-state index contributed by atoms with van der Waals surface area (Å²) >= 11 is 0.